The highest BCUT2D eigenvalue weighted by Gasteiger charge is 2.31. The van der Waals surface area contributed by atoms with E-state index in [2.05, 4.69) is 5.32 Å². The minimum absolute atomic E-state index is 0.118. The Morgan fingerprint density at radius 3 is 2.62 bits per heavy atom. The summed E-state index contributed by atoms with van der Waals surface area (Å²) in [6.07, 6.45) is 0.118. The Bertz CT molecular complexity index is 263. The maximum atomic E-state index is 11.0. The number of amides is 3. The van der Waals surface area contributed by atoms with Crippen molar-refractivity contribution in [3.8, 4) is 0 Å². The molecule has 13 heavy (non-hydrogen) atoms. The van der Waals surface area contributed by atoms with Gasteiger partial charge in [0.2, 0.25) is 0 Å². The summed E-state index contributed by atoms with van der Waals surface area (Å²) >= 11 is 0. The van der Waals surface area contributed by atoms with Gasteiger partial charge in [-0.3, -0.25) is 14.9 Å². The predicted octanol–water partition coefficient (Wildman–Crippen LogP) is -0.695. The lowest BCUT2D eigenvalue weighted by molar-refractivity contribution is -0.141. The van der Waals surface area contributed by atoms with Gasteiger partial charge in [-0.2, -0.15) is 0 Å². The quantitative estimate of drug-likeness (QED) is 0.508. The predicted molar refractivity (Wildman–Crippen MR) is 41.9 cm³/mol. The highest BCUT2D eigenvalue weighted by molar-refractivity contribution is 6.04. The van der Waals surface area contributed by atoms with Gasteiger partial charge in [-0.05, 0) is 6.42 Å². The molecule has 6 nitrogen and oxygen atoms in total. The van der Waals surface area contributed by atoms with E-state index in [1.807, 2.05) is 5.32 Å². The third-order valence-corrected chi connectivity index (χ3v) is 1.87. The Kier molecular flexibility index (Phi) is 2.50. The summed E-state index contributed by atoms with van der Waals surface area (Å²) < 4.78 is 0. The summed E-state index contributed by atoms with van der Waals surface area (Å²) in [5.74, 6) is -2.08. The monoisotopic (exact) mass is 186 g/mol. The second-order valence-electron chi connectivity index (χ2n) is 2.99. The molecule has 0 saturated carbocycles. The molecule has 6 heteroatoms. The number of carbonyl (C=O) groups is 3. The first-order valence-electron chi connectivity index (χ1n) is 3.85. The van der Waals surface area contributed by atoms with Gasteiger partial charge in [0, 0.05) is 0 Å². The van der Waals surface area contributed by atoms with Gasteiger partial charge in [0.1, 0.15) is 6.04 Å². The lowest BCUT2D eigenvalue weighted by Crippen LogP contribution is -2.32. The van der Waals surface area contributed by atoms with Crippen LogP contribution in [-0.4, -0.2) is 29.1 Å². The summed E-state index contributed by atoms with van der Waals surface area (Å²) in [7, 11) is 0. The van der Waals surface area contributed by atoms with Crippen molar-refractivity contribution in [2.45, 2.75) is 19.4 Å². The highest BCUT2D eigenvalue weighted by Crippen LogP contribution is 2.08. The Balaban J connectivity index is 2.50. The van der Waals surface area contributed by atoms with Crippen molar-refractivity contribution in [3.63, 3.8) is 0 Å². The Morgan fingerprint density at radius 1 is 1.62 bits per heavy atom. The molecule has 1 aliphatic heterocycles. The average Bonchev–Trinajstić information content (AvgIpc) is 2.30. The number of carboxylic acids is 1. The largest absolute Gasteiger partial charge is 0.481 e. The average molecular weight is 186 g/mol. The molecule has 0 aromatic heterocycles. The van der Waals surface area contributed by atoms with E-state index in [0.717, 1.165) is 0 Å². The molecule has 1 saturated heterocycles. The normalized spacial score (nSPS) is 23.6. The summed E-state index contributed by atoms with van der Waals surface area (Å²) in [5.41, 5.74) is 0. The van der Waals surface area contributed by atoms with Gasteiger partial charge in [0.25, 0.3) is 5.91 Å². The standard InChI is InChI=1S/C7H10N2O4/c1-3(6(11)12)2-4-5(10)9-7(13)8-4/h3-4H,2H2,1H3,(H,11,12)(H2,8,9,10,13). The van der Waals surface area contributed by atoms with E-state index in [1.54, 1.807) is 0 Å². The number of carboxylic acid groups (broad SMARTS) is 1. The van der Waals surface area contributed by atoms with Crippen LogP contribution in [0.5, 0.6) is 0 Å². The lowest BCUT2D eigenvalue weighted by Gasteiger charge is -2.09. The smallest absolute Gasteiger partial charge is 0.322 e. The molecular weight excluding hydrogens is 176 g/mol. The fraction of sp³-hybridized carbons (Fsp3) is 0.571. The number of urea groups is 1. The Labute approximate surface area is 74.3 Å². The maximum Gasteiger partial charge on any atom is 0.322 e. The first kappa shape index (κ1) is 9.50. The van der Waals surface area contributed by atoms with Gasteiger partial charge in [0.05, 0.1) is 5.92 Å². The molecule has 0 aliphatic carbocycles. The van der Waals surface area contributed by atoms with E-state index in [9.17, 15) is 14.4 Å². The van der Waals surface area contributed by atoms with Crippen molar-refractivity contribution in [2.75, 3.05) is 0 Å². The van der Waals surface area contributed by atoms with Crippen LogP contribution in [0.4, 0.5) is 4.79 Å². The number of hydrogen-bond donors (Lipinski definition) is 3. The zero-order valence-electron chi connectivity index (χ0n) is 7.03. The molecule has 1 fully saturated rings. The Hall–Kier alpha value is -1.59. The molecule has 0 spiro atoms. The first-order chi connectivity index (χ1) is 6.00. The highest BCUT2D eigenvalue weighted by atomic mass is 16.4. The number of rotatable bonds is 3. The first-order valence-corrected chi connectivity index (χ1v) is 3.85. The number of carbonyl (C=O) groups excluding carboxylic acids is 2. The maximum absolute atomic E-state index is 11.0. The molecule has 72 valence electrons. The van der Waals surface area contributed by atoms with Crippen molar-refractivity contribution >= 4 is 17.9 Å². The third-order valence-electron chi connectivity index (χ3n) is 1.87. The van der Waals surface area contributed by atoms with Crippen LogP contribution in [0.1, 0.15) is 13.3 Å². The van der Waals surface area contributed by atoms with Crippen molar-refractivity contribution in [1.82, 2.24) is 10.6 Å². The SMILES string of the molecule is CC(CC1NC(=O)NC1=O)C(=O)O. The van der Waals surface area contributed by atoms with Crippen LogP contribution in [0.2, 0.25) is 0 Å². The number of imide groups is 1. The number of nitrogens with one attached hydrogen (secondary N) is 2. The van der Waals surface area contributed by atoms with Crippen molar-refractivity contribution < 1.29 is 19.5 Å². The zero-order chi connectivity index (χ0) is 10.0. The minimum atomic E-state index is -0.978. The van der Waals surface area contributed by atoms with Gasteiger partial charge < -0.3 is 10.4 Å². The fourth-order valence-corrected chi connectivity index (χ4v) is 1.08. The Morgan fingerprint density at radius 2 is 2.23 bits per heavy atom. The molecule has 1 aliphatic rings. The molecule has 2 unspecified atom stereocenters. The summed E-state index contributed by atoms with van der Waals surface area (Å²) in [4.78, 5) is 32.0. The number of hydrogen-bond acceptors (Lipinski definition) is 3. The molecule has 0 bridgehead atoms. The molecular formula is C7H10N2O4. The van der Waals surface area contributed by atoms with E-state index in [1.165, 1.54) is 6.92 Å². The van der Waals surface area contributed by atoms with Crippen LogP contribution >= 0.6 is 0 Å². The van der Waals surface area contributed by atoms with E-state index in [4.69, 9.17) is 5.11 Å². The van der Waals surface area contributed by atoms with E-state index in [0.29, 0.717) is 0 Å². The van der Waals surface area contributed by atoms with Crippen LogP contribution in [0, 0.1) is 5.92 Å². The molecule has 0 aromatic carbocycles. The molecule has 3 amide bonds. The summed E-state index contributed by atoms with van der Waals surface area (Å²) in [6.45, 7) is 1.49. The van der Waals surface area contributed by atoms with E-state index >= 15 is 0 Å². The van der Waals surface area contributed by atoms with Gasteiger partial charge >= 0.3 is 12.0 Å². The van der Waals surface area contributed by atoms with Gasteiger partial charge in [0.15, 0.2) is 0 Å². The van der Waals surface area contributed by atoms with Crippen molar-refractivity contribution in [1.29, 1.82) is 0 Å². The molecule has 1 rings (SSSR count). The van der Waals surface area contributed by atoms with E-state index < -0.39 is 29.9 Å². The molecule has 1 heterocycles. The van der Waals surface area contributed by atoms with Crippen molar-refractivity contribution in [3.05, 3.63) is 0 Å². The number of aliphatic carboxylic acids is 1. The molecule has 3 N–H and O–H groups in total. The van der Waals surface area contributed by atoms with Crippen LogP contribution in [-0.2, 0) is 9.59 Å². The van der Waals surface area contributed by atoms with Crippen LogP contribution in [0.25, 0.3) is 0 Å². The molecule has 2 atom stereocenters. The third kappa shape index (κ3) is 2.17. The second-order valence-corrected chi connectivity index (χ2v) is 2.99. The van der Waals surface area contributed by atoms with Crippen LogP contribution < -0.4 is 10.6 Å². The zero-order valence-corrected chi connectivity index (χ0v) is 7.03. The van der Waals surface area contributed by atoms with E-state index in [-0.39, 0.29) is 6.42 Å². The van der Waals surface area contributed by atoms with Gasteiger partial charge in [-0.15, -0.1) is 0 Å². The van der Waals surface area contributed by atoms with Crippen LogP contribution in [0.3, 0.4) is 0 Å². The second kappa shape index (κ2) is 3.42. The summed E-state index contributed by atoms with van der Waals surface area (Å²) in [6, 6.07) is -1.27. The summed E-state index contributed by atoms with van der Waals surface area (Å²) in [5, 5.41) is 12.9. The van der Waals surface area contributed by atoms with Gasteiger partial charge in [-0.25, -0.2) is 4.79 Å². The minimum Gasteiger partial charge on any atom is -0.481 e. The lowest BCUT2D eigenvalue weighted by atomic mass is 10.0. The van der Waals surface area contributed by atoms with Crippen molar-refractivity contribution in [2.24, 2.45) is 5.92 Å². The molecule has 0 aromatic rings. The fourth-order valence-electron chi connectivity index (χ4n) is 1.08. The van der Waals surface area contributed by atoms with Crippen LogP contribution in [0.15, 0.2) is 0 Å². The molecule has 0 radical (unpaired) electrons. The van der Waals surface area contributed by atoms with Gasteiger partial charge in [-0.1, -0.05) is 6.92 Å². The topological polar surface area (TPSA) is 95.5 Å².